The Morgan fingerprint density at radius 1 is 1.03 bits per heavy atom. The maximum absolute atomic E-state index is 13.2. The number of likely N-dealkylation sites (tertiary alicyclic amines) is 1. The number of ether oxygens (including phenoxy) is 1. The van der Waals surface area contributed by atoms with Crippen LogP contribution < -0.4 is 5.32 Å². The Balaban J connectivity index is 1.27. The number of hydrogen-bond donors (Lipinski definition) is 2. The lowest BCUT2D eigenvalue weighted by Crippen LogP contribution is -2.58. The highest BCUT2D eigenvalue weighted by Crippen LogP contribution is 2.45. The fourth-order valence-electron chi connectivity index (χ4n) is 5.12. The Labute approximate surface area is 186 Å². The average Bonchev–Trinajstić information content (AvgIpc) is 3.34. The molecule has 32 heavy (non-hydrogen) atoms. The number of nitrogens with one attached hydrogen (secondary N) is 1. The molecule has 0 spiro atoms. The Bertz CT molecular complexity index is 1060. The second-order valence-electron chi connectivity index (χ2n) is 9.17. The number of carboxylic acids is 1. The van der Waals surface area contributed by atoms with Gasteiger partial charge in [0.15, 0.2) is 0 Å². The van der Waals surface area contributed by atoms with Crippen LogP contribution in [-0.4, -0.2) is 52.2 Å². The van der Waals surface area contributed by atoms with Crippen molar-refractivity contribution in [3.63, 3.8) is 0 Å². The van der Waals surface area contributed by atoms with Crippen LogP contribution >= 0.6 is 0 Å². The first-order chi connectivity index (χ1) is 15.4. The summed E-state index contributed by atoms with van der Waals surface area (Å²) in [5, 5.41) is 12.4. The normalized spacial score (nSPS) is 22.7. The molecule has 2 aliphatic carbocycles. The van der Waals surface area contributed by atoms with Crippen LogP contribution in [0.25, 0.3) is 11.1 Å². The molecule has 2 amide bonds. The lowest BCUT2D eigenvalue weighted by atomic mass is 9.98. The maximum atomic E-state index is 13.2. The number of fused-ring (bicyclic) bond motifs is 3. The lowest BCUT2D eigenvalue weighted by Gasteiger charge is -2.34. The van der Waals surface area contributed by atoms with E-state index in [0.29, 0.717) is 32.2 Å². The second-order valence-corrected chi connectivity index (χ2v) is 9.17. The molecule has 7 heteroatoms. The van der Waals surface area contributed by atoms with Crippen LogP contribution in [0.1, 0.15) is 49.7 Å². The van der Waals surface area contributed by atoms with Crippen molar-refractivity contribution in [1.29, 1.82) is 0 Å². The Hall–Kier alpha value is -3.35. The summed E-state index contributed by atoms with van der Waals surface area (Å²) in [6.07, 6.45) is 1.38. The third-order valence-electron chi connectivity index (χ3n) is 7.19. The van der Waals surface area contributed by atoms with Crippen LogP contribution in [0, 0.1) is 0 Å². The van der Waals surface area contributed by atoms with Gasteiger partial charge in [0.25, 0.3) is 0 Å². The molecule has 1 atom stereocenters. The molecular formula is C25H26N2O5. The zero-order valence-corrected chi connectivity index (χ0v) is 18.0. The van der Waals surface area contributed by atoms with Gasteiger partial charge < -0.3 is 20.1 Å². The summed E-state index contributed by atoms with van der Waals surface area (Å²) < 4.78 is 5.59. The standard InChI is InChI=1S/C25H26N2O5/c1-24(22(29)30)11-6-14-27(24)21(28)25(12-13-25)26-23(31)32-15-20-18-9-4-2-7-16(18)17-8-3-5-10-19(17)20/h2-5,7-10,20H,6,11-15H2,1H3,(H,26,31)(H,29,30)/t24-/m1/s1. The fourth-order valence-corrected chi connectivity index (χ4v) is 5.12. The Morgan fingerprint density at radius 3 is 2.19 bits per heavy atom. The molecule has 0 bridgehead atoms. The van der Waals surface area contributed by atoms with Gasteiger partial charge in [-0.05, 0) is 54.9 Å². The summed E-state index contributed by atoms with van der Waals surface area (Å²) >= 11 is 0. The molecule has 166 valence electrons. The molecule has 0 unspecified atom stereocenters. The van der Waals surface area contributed by atoms with E-state index in [9.17, 15) is 19.5 Å². The number of amides is 2. The maximum Gasteiger partial charge on any atom is 0.408 e. The molecular weight excluding hydrogens is 408 g/mol. The van der Waals surface area contributed by atoms with E-state index in [-0.39, 0.29) is 18.4 Å². The first kappa shape index (κ1) is 20.5. The number of carbonyl (C=O) groups excluding carboxylic acids is 2. The Morgan fingerprint density at radius 2 is 1.62 bits per heavy atom. The smallest absolute Gasteiger partial charge is 0.408 e. The van der Waals surface area contributed by atoms with E-state index in [1.807, 2.05) is 36.4 Å². The molecule has 1 aliphatic heterocycles. The van der Waals surface area contributed by atoms with Crippen LogP contribution in [0.15, 0.2) is 48.5 Å². The molecule has 2 fully saturated rings. The van der Waals surface area contributed by atoms with Crippen molar-refractivity contribution in [2.24, 2.45) is 0 Å². The predicted octanol–water partition coefficient (Wildman–Crippen LogP) is 3.52. The van der Waals surface area contributed by atoms with E-state index < -0.39 is 23.1 Å². The van der Waals surface area contributed by atoms with Crippen LogP contribution in [0.5, 0.6) is 0 Å². The third-order valence-corrected chi connectivity index (χ3v) is 7.19. The molecule has 2 aromatic carbocycles. The first-order valence-corrected chi connectivity index (χ1v) is 11.0. The van der Waals surface area contributed by atoms with Gasteiger partial charge in [-0.2, -0.15) is 0 Å². The number of benzene rings is 2. The molecule has 0 radical (unpaired) electrons. The van der Waals surface area contributed by atoms with Crippen molar-refractivity contribution >= 4 is 18.0 Å². The van der Waals surface area contributed by atoms with Crippen molar-refractivity contribution in [3.8, 4) is 11.1 Å². The molecule has 7 nitrogen and oxygen atoms in total. The summed E-state index contributed by atoms with van der Waals surface area (Å²) in [4.78, 5) is 39.0. The van der Waals surface area contributed by atoms with E-state index >= 15 is 0 Å². The van der Waals surface area contributed by atoms with Crippen molar-refractivity contribution in [3.05, 3.63) is 59.7 Å². The fraction of sp³-hybridized carbons (Fsp3) is 0.400. The van der Waals surface area contributed by atoms with E-state index in [1.54, 1.807) is 6.92 Å². The summed E-state index contributed by atoms with van der Waals surface area (Å²) in [5.74, 6) is -1.40. The minimum absolute atomic E-state index is 0.0621. The largest absolute Gasteiger partial charge is 0.480 e. The number of hydrogen-bond acceptors (Lipinski definition) is 4. The zero-order valence-electron chi connectivity index (χ0n) is 18.0. The molecule has 1 saturated carbocycles. The van der Waals surface area contributed by atoms with E-state index in [2.05, 4.69) is 17.4 Å². The highest BCUT2D eigenvalue weighted by Gasteiger charge is 2.58. The zero-order chi connectivity index (χ0) is 22.5. The lowest BCUT2D eigenvalue weighted by molar-refractivity contribution is -0.156. The highest BCUT2D eigenvalue weighted by molar-refractivity contribution is 5.96. The number of aliphatic carboxylic acids is 1. The highest BCUT2D eigenvalue weighted by atomic mass is 16.5. The number of alkyl carbamates (subject to hydrolysis) is 1. The SMILES string of the molecule is C[C@]1(C(=O)O)CCCN1C(=O)C1(NC(=O)OCC2c3ccccc3-c3ccccc32)CC1. The molecule has 3 aliphatic rings. The summed E-state index contributed by atoms with van der Waals surface area (Å²) in [5.41, 5.74) is 2.25. The van der Waals surface area contributed by atoms with E-state index in [4.69, 9.17) is 4.74 Å². The third kappa shape index (κ3) is 3.15. The van der Waals surface area contributed by atoms with Gasteiger partial charge in [0, 0.05) is 12.5 Å². The molecule has 1 heterocycles. The number of carbonyl (C=O) groups is 3. The van der Waals surface area contributed by atoms with Gasteiger partial charge in [0.05, 0.1) is 0 Å². The van der Waals surface area contributed by atoms with Crippen LogP contribution in [0.3, 0.4) is 0 Å². The van der Waals surface area contributed by atoms with Crippen molar-refractivity contribution in [2.45, 2.75) is 49.6 Å². The Kier molecular flexibility index (Phi) is 4.73. The van der Waals surface area contributed by atoms with Crippen LogP contribution in [0.2, 0.25) is 0 Å². The van der Waals surface area contributed by atoms with Crippen molar-refractivity contribution in [2.75, 3.05) is 13.2 Å². The van der Waals surface area contributed by atoms with Gasteiger partial charge in [-0.3, -0.25) is 4.79 Å². The quantitative estimate of drug-likeness (QED) is 0.751. The van der Waals surface area contributed by atoms with Gasteiger partial charge in [-0.15, -0.1) is 0 Å². The number of carboxylic acid groups (broad SMARTS) is 1. The average molecular weight is 434 g/mol. The molecule has 2 aromatic rings. The van der Waals surface area contributed by atoms with Gasteiger partial charge in [0.2, 0.25) is 5.91 Å². The van der Waals surface area contributed by atoms with Crippen LogP contribution in [0.4, 0.5) is 4.79 Å². The van der Waals surface area contributed by atoms with Gasteiger partial charge in [-0.25, -0.2) is 9.59 Å². The molecule has 1 saturated heterocycles. The van der Waals surface area contributed by atoms with Gasteiger partial charge >= 0.3 is 12.1 Å². The number of rotatable bonds is 5. The number of nitrogens with zero attached hydrogens (tertiary/aromatic N) is 1. The molecule has 0 aromatic heterocycles. The molecule has 2 N–H and O–H groups in total. The monoisotopic (exact) mass is 434 g/mol. The molecule has 5 rings (SSSR count). The first-order valence-electron chi connectivity index (χ1n) is 11.0. The van der Waals surface area contributed by atoms with E-state index in [1.165, 1.54) is 4.90 Å². The van der Waals surface area contributed by atoms with Crippen LogP contribution in [-0.2, 0) is 14.3 Å². The minimum atomic E-state index is -1.23. The van der Waals surface area contributed by atoms with Crippen molar-refractivity contribution < 1.29 is 24.2 Å². The second kappa shape index (κ2) is 7.36. The summed E-state index contributed by atoms with van der Waals surface area (Å²) in [6, 6.07) is 16.2. The summed E-state index contributed by atoms with van der Waals surface area (Å²) in [6.45, 7) is 2.13. The summed E-state index contributed by atoms with van der Waals surface area (Å²) in [7, 11) is 0. The van der Waals surface area contributed by atoms with E-state index in [0.717, 1.165) is 22.3 Å². The predicted molar refractivity (Wildman–Crippen MR) is 117 cm³/mol. The van der Waals surface area contributed by atoms with Crippen molar-refractivity contribution in [1.82, 2.24) is 10.2 Å². The topological polar surface area (TPSA) is 95.9 Å². The van der Waals surface area contributed by atoms with Gasteiger partial charge in [-0.1, -0.05) is 48.5 Å². The van der Waals surface area contributed by atoms with Gasteiger partial charge in [0.1, 0.15) is 17.7 Å². The minimum Gasteiger partial charge on any atom is -0.480 e.